The number of rotatable bonds is 4. The van der Waals surface area contributed by atoms with Gasteiger partial charge in [0.2, 0.25) is 15.9 Å². The molecule has 9 heteroatoms. The maximum absolute atomic E-state index is 12.8. The zero-order valence-corrected chi connectivity index (χ0v) is 12.5. The lowest BCUT2D eigenvalue weighted by Gasteiger charge is -2.11. The zero-order valence-electron chi connectivity index (χ0n) is 11.6. The maximum atomic E-state index is 12.8. The Hall–Kier alpha value is -2.00. The number of anilines is 1. The first-order chi connectivity index (χ1) is 10.4. The molecule has 1 aromatic carbocycles. The van der Waals surface area contributed by atoms with E-state index in [0.29, 0.717) is 31.2 Å². The van der Waals surface area contributed by atoms with Crippen molar-refractivity contribution in [3.63, 3.8) is 0 Å². The Morgan fingerprint density at radius 3 is 2.73 bits per heavy atom. The van der Waals surface area contributed by atoms with E-state index in [1.54, 1.807) is 17.0 Å². The second-order valence-corrected chi connectivity index (χ2v) is 7.08. The van der Waals surface area contributed by atoms with Gasteiger partial charge in [-0.3, -0.25) is 0 Å². The predicted molar refractivity (Wildman–Crippen MR) is 77.2 cm³/mol. The van der Waals surface area contributed by atoms with Crippen LogP contribution in [0.5, 0.6) is 0 Å². The van der Waals surface area contributed by atoms with E-state index >= 15 is 0 Å². The summed E-state index contributed by atoms with van der Waals surface area (Å²) in [6.07, 6.45) is 0.834. The Morgan fingerprint density at radius 1 is 1.36 bits per heavy atom. The molecule has 0 spiro atoms. The number of sulfonamides is 1. The zero-order chi connectivity index (χ0) is 15.7. The van der Waals surface area contributed by atoms with Crippen molar-refractivity contribution < 1.29 is 17.3 Å². The van der Waals surface area contributed by atoms with Gasteiger partial charge in [-0.15, -0.1) is 0 Å². The highest BCUT2D eigenvalue weighted by Crippen LogP contribution is 2.21. The predicted octanol–water partition coefficient (Wildman–Crippen LogP) is 0.667. The summed E-state index contributed by atoms with van der Waals surface area (Å²) >= 11 is 0. The standard InChI is InChI=1S/C13H15FN4O3S/c14-10-3-1-9(2-4-10)7-12-16-13(17-21-12)18-6-5-11(8-18)22(15,19)20/h1-4,11H,5-8H2,(H2,15,19,20). The molecule has 1 atom stereocenters. The number of nitrogens with two attached hydrogens (primary N) is 1. The van der Waals surface area contributed by atoms with Gasteiger partial charge in [-0.1, -0.05) is 12.1 Å². The van der Waals surface area contributed by atoms with Gasteiger partial charge in [0.25, 0.3) is 5.95 Å². The van der Waals surface area contributed by atoms with Crippen LogP contribution in [0.4, 0.5) is 10.3 Å². The monoisotopic (exact) mass is 326 g/mol. The van der Waals surface area contributed by atoms with Crippen LogP contribution in [0.1, 0.15) is 17.9 Å². The van der Waals surface area contributed by atoms with Crippen molar-refractivity contribution in [2.24, 2.45) is 5.14 Å². The van der Waals surface area contributed by atoms with Gasteiger partial charge < -0.3 is 9.42 Å². The highest BCUT2D eigenvalue weighted by Gasteiger charge is 2.32. The molecule has 1 saturated heterocycles. The van der Waals surface area contributed by atoms with Crippen molar-refractivity contribution in [2.45, 2.75) is 18.1 Å². The van der Waals surface area contributed by atoms with Gasteiger partial charge in [-0.2, -0.15) is 4.98 Å². The molecule has 1 aliphatic heterocycles. The summed E-state index contributed by atoms with van der Waals surface area (Å²) in [6.45, 7) is 0.769. The average Bonchev–Trinajstić information content (AvgIpc) is 3.09. The molecule has 22 heavy (non-hydrogen) atoms. The van der Waals surface area contributed by atoms with E-state index in [4.69, 9.17) is 9.66 Å². The molecule has 2 N–H and O–H groups in total. The molecule has 7 nitrogen and oxygen atoms in total. The summed E-state index contributed by atoms with van der Waals surface area (Å²) in [5.41, 5.74) is 0.848. The number of hydrogen-bond donors (Lipinski definition) is 1. The summed E-state index contributed by atoms with van der Waals surface area (Å²) in [7, 11) is -3.55. The highest BCUT2D eigenvalue weighted by atomic mass is 32.2. The van der Waals surface area contributed by atoms with E-state index in [1.807, 2.05) is 0 Å². The van der Waals surface area contributed by atoms with E-state index in [2.05, 4.69) is 10.1 Å². The second kappa shape index (κ2) is 5.65. The van der Waals surface area contributed by atoms with E-state index < -0.39 is 15.3 Å². The fourth-order valence-electron chi connectivity index (χ4n) is 2.40. The summed E-state index contributed by atoms with van der Waals surface area (Å²) in [4.78, 5) is 5.97. The topological polar surface area (TPSA) is 102 Å². The number of aromatic nitrogens is 2. The molecule has 1 unspecified atom stereocenters. The van der Waals surface area contributed by atoms with Crippen LogP contribution in [0.3, 0.4) is 0 Å². The van der Waals surface area contributed by atoms with Crippen molar-refractivity contribution >= 4 is 16.0 Å². The lowest BCUT2D eigenvalue weighted by atomic mass is 10.1. The van der Waals surface area contributed by atoms with Crippen LogP contribution in [-0.2, 0) is 16.4 Å². The lowest BCUT2D eigenvalue weighted by molar-refractivity contribution is 0.384. The first kappa shape index (κ1) is 14.9. The Labute approximate surface area is 127 Å². The van der Waals surface area contributed by atoms with Crippen molar-refractivity contribution in [3.05, 3.63) is 41.5 Å². The number of nitrogens with zero attached hydrogens (tertiary/aromatic N) is 3. The van der Waals surface area contributed by atoms with Crippen molar-refractivity contribution in [1.29, 1.82) is 0 Å². The largest absolute Gasteiger partial charge is 0.337 e. The minimum Gasteiger partial charge on any atom is -0.337 e. The Kier molecular flexibility index (Phi) is 3.83. The molecule has 0 aliphatic carbocycles. The first-order valence-corrected chi connectivity index (χ1v) is 8.36. The van der Waals surface area contributed by atoms with Crippen LogP contribution in [0, 0.1) is 5.82 Å². The molecule has 0 amide bonds. The van der Waals surface area contributed by atoms with Crippen LogP contribution in [0.25, 0.3) is 0 Å². The quantitative estimate of drug-likeness (QED) is 0.886. The van der Waals surface area contributed by atoms with Gasteiger partial charge in [0.1, 0.15) is 5.82 Å². The smallest absolute Gasteiger partial charge is 0.266 e. The average molecular weight is 326 g/mol. The van der Waals surface area contributed by atoms with Crippen LogP contribution in [0.2, 0.25) is 0 Å². The van der Waals surface area contributed by atoms with Crippen molar-refractivity contribution in [1.82, 2.24) is 10.1 Å². The molecule has 1 aliphatic rings. The second-order valence-electron chi connectivity index (χ2n) is 5.24. The summed E-state index contributed by atoms with van der Waals surface area (Å²) in [6, 6.07) is 6.02. The molecule has 0 saturated carbocycles. The molecule has 0 bridgehead atoms. The van der Waals surface area contributed by atoms with Gasteiger partial charge in [-0.05, 0) is 29.3 Å². The van der Waals surface area contributed by atoms with Crippen molar-refractivity contribution in [2.75, 3.05) is 18.0 Å². The summed E-state index contributed by atoms with van der Waals surface area (Å²) < 4.78 is 40.7. The molecule has 2 aromatic rings. The third-order valence-corrected chi connectivity index (χ3v) is 4.93. The Balaban J connectivity index is 1.68. The van der Waals surface area contributed by atoms with Gasteiger partial charge >= 0.3 is 0 Å². The fourth-order valence-corrected chi connectivity index (χ4v) is 3.22. The van der Waals surface area contributed by atoms with E-state index in [9.17, 15) is 12.8 Å². The van der Waals surface area contributed by atoms with E-state index in [1.165, 1.54) is 12.1 Å². The van der Waals surface area contributed by atoms with Crippen LogP contribution >= 0.6 is 0 Å². The van der Waals surface area contributed by atoms with E-state index in [-0.39, 0.29) is 12.4 Å². The summed E-state index contributed by atoms with van der Waals surface area (Å²) in [5, 5.41) is 8.40. The first-order valence-electron chi connectivity index (χ1n) is 6.75. The third kappa shape index (κ3) is 3.25. The Bertz CT molecular complexity index is 760. The Morgan fingerprint density at radius 2 is 2.09 bits per heavy atom. The highest BCUT2D eigenvalue weighted by molar-refractivity contribution is 7.89. The molecule has 0 radical (unpaired) electrons. The van der Waals surface area contributed by atoms with Crippen LogP contribution in [0.15, 0.2) is 28.8 Å². The molecule has 118 valence electrons. The molecular formula is C13H15FN4O3S. The van der Waals surface area contributed by atoms with E-state index in [0.717, 1.165) is 5.56 Å². The molecule has 2 heterocycles. The normalized spacial score (nSPS) is 18.8. The minimum absolute atomic E-state index is 0.258. The molecule has 3 rings (SSSR count). The molecule has 1 aromatic heterocycles. The maximum Gasteiger partial charge on any atom is 0.266 e. The SMILES string of the molecule is NS(=O)(=O)C1CCN(c2noc(Cc3ccc(F)cc3)n2)C1. The third-order valence-electron chi connectivity index (χ3n) is 3.62. The van der Waals surface area contributed by atoms with Gasteiger partial charge in [0, 0.05) is 13.1 Å². The number of hydrogen-bond acceptors (Lipinski definition) is 6. The minimum atomic E-state index is -3.55. The van der Waals surface area contributed by atoms with Crippen LogP contribution in [-0.4, -0.2) is 36.9 Å². The van der Waals surface area contributed by atoms with Gasteiger partial charge in [0.05, 0.1) is 11.7 Å². The van der Waals surface area contributed by atoms with Crippen molar-refractivity contribution in [3.8, 4) is 0 Å². The fraction of sp³-hybridized carbons (Fsp3) is 0.385. The van der Waals surface area contributed by atoms with Crippen LogP contribution < -0.4 is 10.0 Å². The van der Waals surface area contributed by atoms with Gasteiger partial charge in [-0.25, -0.2) is 17.9 Å². The number of benzene rings is 1. The molecular weight excluding hydrogens is 311 g/mol. The number of primary sulfonamides is 1. The van der Waals surface area contributed by atoms with Gasteiger partial charge in [0.15, 0.2) is 0 Å². The lowest BCUT2D eigenvalue weighted by Crippen LogP contribution is -2.32. The molecule has 1 fully saturated rings. The number of halogens is 1. The summed E-state index contributed by atoms with van der Waals surface area (Å²) in [5.74, 6) is 0.435.